The molecule has 1 heterocycles. The summed E-state index contributed by atoms with van der Waals surface area (Å²) in [4.78, 5) is 2.48. The summed E-state index contributed by atoms with van der Waals surface area (Å²) in [5.74, 6) is 0.805. The Morgan fingerprint density at radius 1 is 1.37 bits per heavy atom. The molecule has 1 aliphatic carbocycles. The third kappa shape index (κ3) is 4.85. The maximum atomic E-state index is 3.54. The Labute approximate surface area is 129 Å². The van der Waals surface area contributed by atoms with Crippen molar-refractivity contribution in [1.29, 1.82) is 0 Å². The van der Waals surface area contributed by atoms with E-state index in [1.807, 2.05) is 0 Å². The molecule has 1 N–H and O–H groups in total. The van der Waals surface area contributed by atoms with Gasteiger partial charge in [0.25, 0.3) is 0 Å². The minimum atomic E-state index is 0.708. The second-order valence-electron chi connectivity index (χ2n) is 5.75. The van der Waals surface area contributed by atoms with Gasteiger partial charge in [0.05, 0.1) is 3.79 Å². The van der Waals surface area contributed by atoms with Crippen LogP contribution in [0.3, 0.4) is 0 Å². The molecule has 2 unspecified atom stereocenters. The van der Waals surface area contributed by atoms with Crippen LogP contribution < -0.4 is 5.32 Å². The van der Waals surface area contributed by atoms with Gasteiger partial charge < -0.3 is 10.2 Å². The lowest BCUT2D eigenvalue weighted by molar-refractivity contribution is 0.223. The molecule has 19 heavy (non-hydrogen) atoms. The molecule has 1 aromatic heterocycles. The van der Waals surface area contributed by atoms with E-state index in [1.54, 1.807) is 11.3 Å². The molecular formula is C15H25BrN2S. The van der Waals surface area contributed by atoms with Crippen LogP contribution in [0.2, 0.25) is 0 Å². The van der Waals surface area contributed by atoms with Crippen molar-refractivity contribution in [2.24, 2.45) is 5.92 Å². The zero-order chi connectivity index (χ0) is 13.7. The molecule has 0 radical (unpaired) electrons. The first kappa shape index (κ1) is 15.5. The van der Waals surface area contributed by atoms with E-state index in [4.69, 9.17) is 0 Å². The van der Waals surface area contributed by atoms with Crippen LogP contribution in [0.25, 0.3) is 0 Å². The summed E-state index contributed by atoms with van der Waals surface area (Å²) < 4.78 is 1.23. The highest BCUT2D eigenvalue weighted by atomic mass is 79.9. The third-order valence-electron chi connectivity index (χ3n) is 4.15. The Balaban J connectivity index is 1.87. The smallest absolute Gasteiger partial charge is 0.0701 e. The van der Waals surface area contributed by atoms with Crippen molar-refractivity contribution in [3.8, 4) is 0 Å². The molecule has 2 nitrogen and oxygen atoms in total. The first-order valence-corrected chi connectivity index (χ1v) is 8.95. The molecule has 0 amide bonds. The molecule has 1 aliphatic rings. The number of hydrogen-bond acceptors (Lipinski definition) is 3. The van der Waals surface area contributed by atoms with Gasteiger partial charge in [-0.05, 0) is 65.8 Å². The van der Waals surface area contributed by atoms with Crippen LogP contribution in [0.15, 0.2) is 15.2 Å². The summed E-state index contributed by atoms with van der Waals surface area (Å²) in [6, 6.07) is 2.95. The monoisotopic (exact) mass is 344 g/mol. The standard InChI is InChI=1S/C15H25BrN2S/c1-17-14-7-5-3-4-6-13(14)10-18(2)9-12-8-15(16)19-11-12/h8,11,13-14,17H,3-7,9-10H2,1-2H3. The highest BCUT2D eigenvalue weighted by Gasteiger charge is 2.23. The molecule has 1 fully saturated rings. The number of thiophene rings is 1. The first-order valence-electron chi connectivity index (χ1n) is 7.27. The van der Waals surface area contributed by atoms with Crippen LogP contribution in [0.1, 0.15) is 37.7 Å². The summed E-state index contributed by atoms with van der Waals surface area (Å²) in [6.07, 6.45) is 6.93. The van der Waals surface area contributed by atoms with E-state index in [1.165, 1.54) is 48.0 Å². The Morgan fingerprint density at radius 2 is 2.16 bits per heavy atom. The molecule has 1 aromatic rings. The molecule has 0 bridgehead atoms. The Morgan fingerprint density at radius 3 is 2.84 bits per heavy atom. The predicted octanol–water partition coefficient (Wildman–Crippen LogP) is 4.11. The van der Waals surface area contributed by atoms with E-state index in [-0.39, 0.29) is 0 Å². The van der Waals surface area contributed by atoms with Crippen molar-refractivity contribution in [2.45, 2.75) is 44.7 Å². The largest absolute Gasteiger partial charge is 0.317 e. The maximum absolute atomic E-state index is 3.54. The van der Waals surface area contributed by atoms with Gasteiger partial charge in [0.15, 0.2) is 0 Å². The quantitative estimate of drug-likeness (QED) is 0.808. The van der Waals surface area contributed by atoms with Gasteiger partial charge in [-0.2, -0.15) is 0 Å². The number of rotatable bonds is 5. The zero-order valence-corrected chi connectivity index (χ0v) is 14.4. The van der Waals surface area contributed by atoms with Gasteiger partial charge in [0, 0.05) is 19.1 Å². The fourth-order valence-corrected chi connectivity index (χ4v) is 4.39. The van der Waals surface area contributed by atoms with Crippen molar-refractivity contribution in [2.75, 3.05) is 20.6 Å². The van der Waals surface area contributed by atoms with E-state index in [0.717, 1.165) is 12.5 Å². The van der Waals surface area contributed by atoms with Crippen molar-refractivity contribution < 1.29 is 0 Å². The van der Waals surface area contributed by atoms with E-state index in [9.17, 15) is 0 Å². The fourth-order valence-electron chi connectivity index (χ4n) is 3.19. The second kappa shape index (κ2) is 7.77. The van der Waals surface area contributed by atoms with Crippen LogP contribution in [0.5, 0.6) is 0 Å². The highest BCUT2D eigenvalue weighted by molar-refractivity contribution is 9.11. The number of nitrogens with zero attached hydrogens (tertiary/aromatic N) is 1. The van der Waals surface area contributed by atoms with Gasteiger partial charge in [-0.1, -0.05) is 19.3 Å². The minimum Gasteiger partial charge on any atom is -0.317 e. The van der Waals surface area contributed by atoms with E-state index in [2.05, 4.69) is 51.7 Å². The van der Waals surface area contributed by atoms with Gasteiger partial charge in [-0.3, -0.25) is 0 Å². The maximum Gasteiger partial charge on any atom is 0.0701 e. The SMILES string of the molecule is CNC1CCCCCC1CN(C)Cc1csc(Br)c1. The topological polar surface area (TPSA) is 15.3 Å². The van der Waals surface area contributed by atoms with Crippen LogP contribution in [0.4, 0.5) is 0 Å². The van der Waals surface area contributed by atoms with Gasteiger partial charge in [0.2, 0.25) is 0 Å². The normalized spacial score (nSPS) is 24.6. The number of halogens is 1. The number of hydrogen-bond donors (Lipinski definition) is 1. The Bertz CT molecular complexity index is 380. The van der Waals surface area contributed by atoms with E-state index < -0.39 is 0 Å². The van der Waals surface area contributed by atoms with Crippen LogP contribution in [-0.4, -0.2) is 31.6 Å². The molecule has 2 rings (SSSR count). The van der Waals surface area contributed by atoms with Gasteiger partial charge in [-0.15, -0.1) is 11.3 Å². The molecule has 2 atom stereocenters. The van der Waals surface area contributed by atoms with Crippen LogP contribution >= 0.6 is 27.3 Å². The third-order valence-corrected chi connectivity index (χ3v) is 5.70. The van der Waals surface area contributed by atoms with E-state index >= 15 is 0 Å². The van der Waals surface area contributed by atoms with Crippen molar-refractivity contribution in [1.82, 2.24) is 10.2 Å². The summed E-state index contributed by atoms with van der Waals surface area (Å²) >= 11 is 5.32. The lowest BCUT2D eigenvalue weighted by Gasteiger charge is -2.29. The molecule has 108 valence electrons. The lowest BCUT2D eigenvalue weighted by atomic mass is 9.94. The van der Waals surface area contributed by atoms with Gasteiger partial charge >= 0.3 is 0 Å². The highest BCUT2D eigenvalue weighted by Crippen LogP contribution is 2.25. The fraction of sp³-hybridized carbons (Fsp3) is 0.733. The van der Waals surface area contributed by atoms with Crippen molar-refractivity contribution in [3.05, 3.63) is 20.8 Å². The molecular weight excluding hydrogens is 320 g/mol. The van der Waals surface area contributed by atoms with E-state index in [0.29, 0.717) is 6.04 Å². The lowest BCUT2D eigenvalue weighted by Crippen LogP contribution is -2.39. The van der Waals surface area contributed by atoms with Crippen LogP contribution in [0, 0.1) is 5.92 Å². The summed E-state index contributed by atoms with van der Waals surface area (Å²) in [5.41, 5.74) is 1.43. The number of nitrogens with one attached hydrogen (secondary N) is 1. The predicted molar refractivity (Wildman–Crippen MR) is 87.8 cm³/mol. The molecule has 0 aliphatic heterocycles. The van der Waals surface area contributed by atoms with Gasteiger partial charge in [-0.25, -0.2) is 0 Å². The summed E-state index contributed by atoms with van der Waals surface area (Å²) in [5, 5.41) is 5.79. The van der Waals surface area contributed by atoms with Crippen LogP contribution in [-0.2, 0) is 6.54 Å². The Kier molecular flexibility index (Phi) is 6.33. The zero-order valence-electron chi connectivity index (χ0n) is 12.0. The average molecular weight is 345 g/mol. The molecule has 0 aromatic carbocycles. The molecule has 1 saturated carbocycles. The molecule has 0 spiro atoms. The van der Waals surface area contributed by atoms with Gasteiger partial charge in [0.1, 0.15) is 0 Å². The minimum absolute atomic E-state index is 0.708. The van der Waals surface area contributed by atoms with Crippen molar-refractivity contribution in [3.63, 3.8) is 0 Å². The molecule has 4 heteroatoms. The van der Waals surface area contributed by atoms with Crippen molar-refractivity contribution >= 4 is 27.3 Å². The first-order chi connectivity index (χ1) is 9.19. The summed E-state index contributed by atoms with van der Waals surface area (Å²) in [6.45, 7) is 2.27. The second-order valence-corrected chi connectivity index (χ2v) is 8.04. The molecule has 0 saturated heterocycles. The Hall–Kier alpha value is 0.100. The summed E-state index contributed by atoms with van der Waals surface area (Å²) in [7, 11) is 4.38. The average Bonchev–Trinajstić information content (AvgIpc) is 2.65.